The quantitative estimate of drug-likeness (QED) is 0.380. The molecule has 0 aliphatic heterocycles. The molecule has 58 valence electrons. The second kappa shape index (κ2) is 2.91. The monoisotopic (exact) mass is 162 g/mol. The summed E-state index contributed by atoms with van der Waals surface area (Å²) >= 11 is 5.74. The summed E-state index contributed by atoms with van der Waals surface area (Å²) in [5.41, 5.74) is 0.791. The summed E-state index contributed by atoms with van der Waals surface area (Å²) in [5.74, 6) is 0.439. The molecule has 0 saturated carbocycles. The van der Waals surface area contributed by atoms with Crippen LogP contribution >= 0.6 is 11.6 Å². The molecule has 0 fully saturated rings. The van der Waals surface area contributed by atoms with Crippen molar-refractivity contribution in [3.8, 4) is 0 Å². The van der Waals surface area contributed by atoms with Crippen LogP contribution in [0, 0.1) is 5.92 Å². The standard InChI is InChI=1S/C8H12ClF/c1-5-3-6(2)8(10)7(9)4-5/h3,5,7-8H,4H2,1-2H3. The lowest BCUT2D eigenvalue weighted by Gasteiger charge is -2.23. The second-order valence-electron chi connectivity index (χ2n) is 3.04. The lowest BCUT2D eigenvalue weighted by Crippen LogP contribution is -2.24. The lowest BCUT2D eigenvalue weighted by atomic mass is 9.91. The Morgan fingerprint density at radius 2 is 2.30 bits per heavy atom. The molecule has 0 spiro atoms. The Hall–Kier alpha value is -0.0400. The Morgan fingerprint density at radius 1 is 1.70 bits per heavy atom. The zero-order valence-corrected chi connectivity index (χ0v) is 7.03. The first-order valence-electron chi connectivity index (χ1n) is 3.57. The number of rotatable bonds is 0. The van der Waals surface area contributed by atoms with Crippen LogP contribution in [-0.4, -0.2) is 11.5 Å². The molecule has 1 rings (SSSR count). The van der Waals surface area contributed by atoms with E-state index < -0.39 is 6.17 Å². The zero-order chi connectivity index (χ0) is 7.72. The Balaban J connectivity index is 2.71. The Kier molecular flexibility index (Phi) is 2.35. The van der Waals surface area contributed by atoms with Gasteiger partial charge in [-0.2, -0.15) is 0 Å². The van der Waals surface area contributed by atoms with Crippen LogP contribution in [0.3, 0.4) is 0 Å². The van der Waals surface area contributed by atoms with Crippen molar-refractivity contribution in [1.29, 1.82) is 0 Å². The van der Waals surface area contributed by atoms with E-state index in [0.717, 1.165) is 12.0 Å². The number of halogens is 2. The van der Waals surface area contributed by atoms with Crippen LogP contribution < -0.4 is 0 Å². The molecule has 3 unspecified atom stereocenters. The highest BCUT2D eigenvalue weighted by atomic mass is 35.5. The maximum atomic E-state index is 12.9. The normalized spacial score (nSPS) is 41.2. The van der Waals surface area contributed by atoms with E-state index in [4.69, 9.17) is 11.6 Å². The Labute approximate surface area is 66.1 Å². The summed E-state index contributed by atoms with van der Waals surface area (Å²) in [6.45, 7) is 3.86. The van der Waals surface area contributed by atoms with Crippen LogP contribution in [0.1, 0.15) is 20.3 Å². The van der Waals surface area contributed by atoms with E-state index in [-0.39, 0.29) is 5.38 Å². The van der Waals surface area contributed by atoms with Crippen LogP contribution in [0.25, 0.3) is 0 Å². The van der Waals surface area contributed by atoms with Gasteiger partial charge in [0.1, 0.15) is 6.17 Å². The van der Waals surface area contributed by atoms with Gasteiger partial charge in [0.05, 0.1) is 5.38 Å². The average Bonchev–Trinajstić information content (AvgIpc) is 1.82. The van der Waals surface area contributed by atoms with E-state index in [1.54, 1.807) is 6.92 Å². The minimum Gasteiger partial charge on any atom is -0.241 e. The van der Waals surface area contributed by atoms with Crippen molar-refractivity contribution in [3.05, 3.63) is 11.6 Å². The van der Waals surface area contributed by atoms with Crippen molar-refractivity contribution in [2.75, 3.05) is 0 Å². The van der Waals surface area contributed by atoms with Crippen LogP contribution in [0.15, 0.2) is 11.6 Å². The van der Waals surface area contributed by atoms with E-state index in [1.807, 2.05) is 6.08 Å². The van der Waals surface area contributed by atoms with Crippen molar-refractivity contribution in [1.82, 2.24) is 0 Å². The SMILES string of the molecule is CC1=CC(C)CC(Cl)C1F. The summed E-state index contributed by atoms with van der Waals surface area (Å²) in [6, 6.07) is 0. The summed E-state index contributed by atoms with van der Waals surface area (Å²) in [4.78, 5) is 0. The van der Waals surface area contributed by atoms with Crippen LogP contribution in [-0.2, 0) is 0 Å². The number of hydrogen-bond donors (Lipinski definition) is 0. The van der Waals surface area contributed by atoms with Crippen molar-refractivity contribution in [2.45, 2.75) is 31.8 Å². The van der Waals surface area contributed by atoms with Gasteiger partial charge in [0.2, 0.25) is 0 Å². The summed E-state index contributed by atoms with van der Waals surface area (Å²) in [6.07, 6.45) is 1.81. The Morgan fingerprint density at radius 3 is 2.80 bits per heavy atom. The van der Waals surface area contributed by atoms with Crippen molar-refractivity contribution in [2.24, 2.45) is 5.92 Å². The molecule has 2 heteroatoms. The molecule has 0 heterocycles. The molecule has 0 saturated heterocycles. The van der Waals surface area contributed by atoms with Gasteiger partial charge in [0, 0.05) is 0 Å². The van der Waals surface area contributed by atoms with Gasteiger partial charge in [0.15, 0.2) is 0 Å². The largest absolute Gasteiger partial charge is 0.241 e. The topological polar surface area (TPSA) is 0 Å². The highest BCUT2D eigenvalue weighted by Gasteiger charge is 2.26. The number of alkyl halides is 2. The van der Waals surface area contributed by atoms with Gasteiger partial charge in [-0.25, -0.2) is 4.39 Å². The lowest BCUT2D eigenvalue weighted by molar-refractivity contribution is 0.329. The summed E-state index contributed by atoms with van der Waals surface area (Å²) in [7, 11) is 0. The molecule has 3 atom stereocenters. The van der Waals surface area contributed by atoms with Gasteiger partial charge < -0.3 is 0 Å². The highest BCUT2D eigenvalue weighted by molar-refractivity contribution is 6.21. The fourth-order valence-electron chi connectivity index (χ4n) is 1.37. The molecule has 0 N–H and O–H groups in total. The van der Waals surface area contributed by atoms with E-state index in [0.29, 0.717) is 5.92 Å². The van der Waals surface area contributed by atoms with Crippen LogP contribution in [0.2, 0.25) is 0 Å². The van der Waals surface area contributed by atoms with Gasteiger partial charge in [0.25, 0.3) is 0 Å². The molecule has 0 bridgehead atoms. The van der Waals surface area contributed by atoms with Gasteiger partial charge in [-0.1, -0.05) is 13.0 Å². The molecular weight excluding hydrogens is 151 g/mol. The van der Waals surface area contributed by atoms with Crippen molar-refractivity contribution < 1.29 is 4.39 Å². The third kappa shape index (κ3) is 1.51. The molecule has 1 aliphatic rings. The molecule has 0 nitrogen and oxygen atoms in total. The van der Waals surface area contributed by atoms with Crippen LogP contribution in [0.4, 0.5) is 4.39 Å². The van der Waals surface area contributed by atoms with Gasteiger partial charge in [-0.15, -0.1) is 11.6 Å². The molecule has 0 aromatic heterocycles. The molecule has 0 amide bonds. The molecule has 0 radical (unpaired) electrons. The molecule has 0 aromatic rings. The minimum atomic E-state index is -0.919. The molecule has 10 heavy (non-hydrogen) atoms. The predicted octanol–water partition coefficient (Wildman–Crippen LogP) is 2.92. The van der Waals surface area contributed by atoms with E-state index in [2.05, 4.69) is 6.92 Å². The fourth-order valence-corrected chi connectivity index (χ4v) is 1.85. The van der Waals surface area contributed by atoms with Crippen LogP contribution in [0.5, 0.6) is 0 Å². The minimum absolute atomic E-state index is 0.306. The van der Waals surface area contributed by atoms with E-state index in [9.17, 15) is 4.39 Å². The fraction of sp³-hybridized carbons (Fsp3) is 0.750. The average molecular weight is 163 g/mol. The zero-order valence-electron chi connectivity index (χ0n) is 6.27. The Bertz CT molecular complexity index is 153. The van der Waals surface area contributed by atoms with Gasteiger partial charge in [-0.05, 0) is 24.8 Å². The third-order valence-electron chi connectivity index (χ3n) is 1.90. The smallest absolute Gasteiger partial charge is 0.137 e. The number of allylic oxidation sites excluding steroid dienone is 2. The first-order chi connectivity index (χ1) is 4.61. The highest BCUT2D eigenvalue weighted by Crippen LogP contribution is 2.28. The molecule has 0 aromatic carbocycles. The van der Waals surface area contributed by atoms with Gasteiger partial charge in [-0.3, -0.25) is 0 Å². The van der Waals surface area contributed by atoms with Crippen molar-refractivity contribution in [3.63, 3.8) is 0 Å². The number of hydrogen-bond acceptors (Lipinski definition) is 0. The first kappa shape index (κ1) is 8.06. The second-order valence-corrected chi connectivity index (χ2v) is 3.60. The first-order valence-corrected chi connectivity index (χ1v) is 4.01. The van der Waals surface area contributed by atoms with Crippen molar-refractivity contribution >= 4 is 11.6 Å². The summed E-state index contributed by atoms with van der Waals surface area (Å²) < 4.78 is 12.9. The molecule has 1 aliphatic carbocycles. The summed E-state index contributed by atoms with van der Waals surface area (Å²) in [5, 5.41) is -0.306. The van der Waals surface area contributed by atoms with E-state index >= 15 is 0 Å². The van der Waals surface area contributed by atoms with Gasteiger partial charge >= 0.3 is 0 Å². The maximum Gasteiger partial charge on any atom is 0.137 e. The predicted molar refractivity (Wildman–Crippen MR) is 42.1 cm³/mol. The third-order valence-corrected chi connectivity index (χ3v) is 2.30. The molecular formula is C8H12ClF. The maximum absolute atomic E-state index is 12.9. The van der Waals surface area contributed by atoms with E-state index in [1.165, 1.54) is 0 Å².